The number of hydrogen-bond acceptors (Lipinski definition) is 4. The maximum Gasteiger partial charge on any atom is 0.157 e. The third kappa shape index (κ3) is 2.08. The molecule has 4 atom stereocenters. The standard InChI is InChI=1S/C10H18O4/c1-11-9-5-3-8-7(13-9)4-6-10(12-2)14-8/h7-10H,3-6H2,1-2H3/t7-,8-,9+,10+/m1/s1. The monoisotopic (exact) mass is 202 g/mol. The van der Waals surface area contributed by atoms with Crippen LogP contribution in [0.3, 0.4) is 0 Å². The molecular weight excluding hydrogens is 184 g/mol. The Bertz CT molecular complexity index is 165. The fourth-order valence-corrected chi connectivity index (χ4v) is 2.16. The van der Waals surface area contributed by atoms with E-state index in [4.69, 9.17) is 18.9 Å². The maximum absolute atomic E-state index is 5.73. The highest BCUT2D eigenvalue weighted by molar-refractivity contribution is 4.81. The van der Waals surface area contributed by atoms with Gasteiger partial charge in [-0.3, -0.25) is 0 Å². The van der Waals surface area contributed by atoms with E-state index in [9.17, 15) is 0 Å². The molecule has 0 bridgehead atoms. The molecule has 14 heavy (non-hydrogen) atoms. The van der Waals surface area contributed by atoms with E-state index in [0.717, 1.165) is 25.7 Å². The van der Waals surface area contributed by atoms with Gasteiger partial charge in [-0.2, -0.15) is 0 Å². The van der Waals surface area contributed by atoms with Crippen molar-refractivity contribution in [2.75, 3.05) is 14.2 Å². The van der Waals surface area contributed by atoms with Crippen LogP contribution < -0.4 is 0 Å². The van der Waals surface area contributed by atoms with Gasteiger partial charge >= 0.3 is 0 Å². The fraction of sp³-hybridized carbons (Fsp3) is 1.00. The van der Waals surface area contributed by atoms with Crippen LogP contribution in [0.5, 0.6) is 0 Å². The van der Waals surface area contributed by atoms with Crippen LogP contribution in [-0.2, 0) is 18.9 Å². The van der Waals surface area contributed by atoms with Gasteiger partial charge in [0, 0.05) is 27.1 Å². The predicted molar refractivity (Wildman–Crippen MR) is 49.8 cm³/mol. The van der Waals surface area contributed by atoms with Crippen molar-refractivity contribution in [1.29, 1.82) is 0 Å². The van der Waals surface area contributed by atoms with E-state index in [2.05, 4.69) is 0 Å². The van der Waals surface area contributed by atoms with E-state index in [1.807, 2.05) is 0 Å². The molecule has 0 unspecified atom stereocenters. The number of fused-ring (bicyclic) bond motifs is 1. The van der Waals surface area contributed by atoms with Gasteiger partial charge in [-0.05, 0) is 12.8 Å². The molecule has 82 valence electrons. The van der Waals surface area contributed by atoms with E-state index in [1.54, 1.807) is 14.2 Å². The average Bonchev–Trinajstić information content (AvgIpc) is 2.27. The molecule has 0 amide bonds. The topological polar surface area (TPSA) is 36.9 Å². The molecule has 0 aromatic rings. The lowest BCUT2D eigenvalue weighted by molar-refractivity contribution is -0.278. The molecule has 2 aliphatic heterocycles. The van der Waals surface area contributed by atoms with Crippen molar-refractivity contribution in [3.63, 3.8) is 0 Å². The zero-order valence-electron chi connectivity index (χ0n) is 8.77. The highest BCUT2D eigenvalue weighted by Crippen LogP contribution is 2.31. The van der Waals surface area contributed by atoms with E-state index in [-0.39, 0.29) is 24.8 Å². The Morgan fingerprint density at radius 3 is 1.57 bits per heavy atom. The third-order valence-electron chi connectivity index (χ3n) is 2.97. The summed E-state index contributed by atoms with van der Waals surface area (Å²) in [5.41, 5.74) is 0. The van der Waals surface area contributed by atoms with E-state index < -0.39 is 0 Å². The van der Waals surface area contributed by atoms with Gasteiger partial charge in [0.1, 0.15) is 0 Å². The molecule has 0 aliphatic carbocycles. The SMILES string of the molecule is CO[C@@H]1CC[C@H]2O[C@H](OC)CC[C@H]2O1. The lowest BCUT2D eigenvalue weighted by atomic mass is 9.98. The van der Waals surface area contributed by atoms with Crippen LogP contribution in [0.15, 0.2) is 0 Å². The third-order valence-corrected chi connectivity index (χ3v) is 2.97. The summed E-state index contributed by atoms with van der Waals surface area (Å²) in [5.74, 6) is 0. The maximum atomic E-state index is 5.73. The van der Waals surface area contributed by atoms with Crippen LogP contribution in [-0.4, -0.2) is 39.0 Å². The van der Waals surface area contributed by atoms with Crippen LogP contribution in [0.2, 0.25) is 0 Å². The summed E-state index contributed by atoms with van der Waals surface area (Å²) in [6.45, 7) is 0. The van der Waals surface area contributed by atoms with Gasteiger partial charge in [0.05, 0.1) is 12.2 Å². The Hall–Kier alpha value is -0.160. The van der Waals surface area contributed by atoms with Gasteiger partial charge in [0.2, 0.25) is 0 Å². The van der Waals surface area contributed by atoms with E-state index in [1.165, 1.54) is 0 Å². The lowest BCUT2D eigenvalue weighted by Gasteiger charge is -2.41. The minimum Gasteiger partial charge on any atom is -0.356 e. The molecule has 2 fully saturated rings. The molecule has 0 aromatic carbocycles. The van der Waals surface area contributed by atoms with Crippen molar-refractivity contribution >= 4 is 0 Å². The summed E-state index contributed by atoms with van der Waals surface area (Å²) in [7, 11) is 3.37. The fourth-order valence-electron chi connectivity index (χ4n) is 2.16. The molecule has 4 heteroatoms. The molecule has 2 heterocycles. The molecular formula is C10H18O4. The first-order chi connectivity index (χ1) is 6.83. The molecule has 0 N–H and O–H groups in total. The van der Waals surface area contributed by atoms with Gasteiger partial charge in [-0.25, -0.2) is 0 Å². The highest BCUT2D eigenvalue weighted by atomic mass is 16.7. The molecule has 2 aliphatic rings. The second-order valence-corrected chi connectivity index (χ2v) is 3.83. The Kier molecular flexibility index (Phi) is 3.38. The highest BCUT2D eigenvalue weighted by Gasteiger charge is 2.37. The van der Waals surface area contributed by atoms with Crippen LogP contribution in [0.25, 0.3) is 0 Å². The summed E-state index contributed by atoms with van der Waals surface area (Å²) >= 11 is 0. The van der Waals surface area contributed by atoms with Crippen molar-refractivity contribution in [2.45, 2.75) is 50.5 Å². The van der Waals surface area contributed by atoms with Crippen LogP contribution in [0, 0.1) is 0 Å². The van der Waals surface area contributed by atoms with Gasteiger partial charge in [-0.1, -0.05) is 0 Å². The quantitative estimate of drug-likeness (QED) is 0.676. The molecule has 0 aromatic heterocycles. The zero-order chi connectivity index (χ0) is 9.97. The van der Waals surface area contributed by atoms with Crippen molar-refractivity contribution in [2.24, 2.45) is 0 Å². The smallest absolute Gasteiger partial charge is 0.157 e. The second kappa shape index (κ2) is 4.57. The van der Waals surface area contributed by atoms with Gasteiger partial charge in [0.25, 0.3) is 0 Å². The van der Waals surface area contributed by atoms with Crippen LogP contribution >= 0.6 is 0 Å². The second-order valence-electron chi connectivity index (χ2n) is 3.83. The largest absolute Gasteiger partial charge is 0.356 e. The molecule has 4 nitrogen and oxygen atoms in total. The number of methoxy groups -OCH3 is 2. The molecule has 0 saturated carbocycles. The number of ether oxygens (including phenoxy) is 4. The Labute approximate surface area is 84.5 Å². The van der Waals surface area contributed by atoms with Crippen LogP contribution in [0.1, 0.15) is 25.7 Å². The van der Waals surface area contributed by atoms with Crippen LogP contribution in [0.4, 0.5) is 0 Å². The Morgan fingerprint density at radius 2 is 1.21 bits per heavy atom. The van der Waals surface area contributed by atoms with E-state index in [0.29, 0.717) is 0 Å². The first kappa shape index (κ1) is 10.4. The first-order valence-corrected chi connectivity index (χ1v) is 5.20. The van der Waals surface area contributed by atoms with Crippen molar-refractivity contribution in [3.8, 4) is 0 Å². The summed E-state index contributed by atoms with van der Waals surface area (Å²) in [5, 5.41) is 0. The Morgan fingerprint density at radius 1 is 0.786 bits per heavy atom. The van der Waals surface area contributed by atoms with Crippen molar-refractivity contribution in [1.82, 2.24) is 0 Å². The predicted octanol–water partition coefficient (Wildman–Crippen LogP) is 1.29. The molecule has 2 saturated heterocycles. The van der Waals surface area contributed by atoms with Crippen molar-refractivity contribution in [3.05, 3.63) is 0 Å². The average molecular weight is 202 g/mol. The summed E-state index contributed by atoms with van der Waals surface area (Å²) in [6, 6.07) is 0. The zero-order valence-corrected chi connectivity index (χ0v) is 8.77. The van der Waals surface area contributed by atoms with Gasteiger partial charge in [-0.15, -0.1) is 0 Å². The first-order valence-electron chi connectivity index (χ1n) is 5.20. The van der Waals surface area contributed by atoms with E-state index >= 15 is 0 Å². The Balaban J connectivity index is 1.88. The summed E-state index contributed by atoms with van der Waals surface area (Å²) in [6.07, 6.45) is 4.13. The summed E-state index contributed by atoms with van der Waals surface area (Å²) in [4.78, 5) is 0. The molecule has 0 radical (unpaired) electrons. The normalized spacial score (nSPS) is 43.3. The molecule has 0 spiro atoms. The summed E-state index contributed by atoms with van der Waals surface area (Å²) < 4.78 is 21.8. The molecule has 2 rings (SSSR count). The number of rotatable bonds is 2. The van der Waals surface area contributed by atoms with Gasteiger partial charge in [0.15, 0.2) is 12.6 Å². The minimum absolute atomic E-state index is 0.0426. The minimum atomic E-state index is -0.0426. The van der Waals surface area contributed by atoms with Gasteiger partial charge < -0.3 is 18.9 Å². The van der Waals surface area contributed by atoms with Crippen molar-refractivity contribution < 1.29 is 18.9 Å². The number of hydrogen-bond donors (Lipinski definition) is 0. The lowest BCUT2D eigenvalue weighted by Crippen LogP contribution is -2.46.